The van der Waals surface area contributed by atoms with Crippen LogP contribution in [0.1, 0.15) is 35.4 Å². The number of methoxy groups -OCH3 is 3. The highest BCUT2D eigenvalue weighted by Crippen LogP contribution is 2.34. The zero-order valence-electron chi connectivity index (χ0n) is 18.6. The summed E-state index contributed by atoms with van der Waals surface area (Å²) in [5.74, 6) is 2.91. The van der Waals surface area contributed by atoms with Crippen molar-refractivity contribution in [1.29, 1.82) is 0 Å². The Labute approximate surface area is 181 Å². The highest BCUT2D eigenvalue weighted by atomic mass is 16.5. The Morgan fingerprint density at radius 1 is 1.06 bits per heavy atom. The second-order valence-electron chi connectivity index (χ2n) is 7.77. The highest BCUT2D eigenvalue weighted by Gasteiger charge is 2.25. The third-order valence-electron chi connectivity index (χ3n) is 5.92. The lowest BCUT2D eigenvalue weighted by molar-refractivity contribution is 0.187. The van der Waals surface area contributed by atoms with Crippen LogP contribution >= 0.6 is 0 Å². The third-order valence-corrected chi connectivity index (χ3v) is 5.92. The van der Waals surface area contributed by atoms with Gasteiger partial charge in [-0.15, -0.1) is 0 Å². The van der Waals surface area contributed by atoms with E-state index in [4.69, 9.17) is 18.6 Å². The van der Waals surface area contributed by atoms with Gasteiger partial charge in [-0.1, -0.05) is 0 Å². The molecule has 1 N–H and O–H groups in total. The summed E-state index contributed by atoms with van der Waals surface area (Å²) in [4.78, 5) is 14.8. The molecule has 1 atom stereocenters. The van der Waals surface area contributed by atoms with Crippen molar-refractivity contribution in [3.8, 4) is 17.2 Å². The van der Waals surface area contributed by atoms with Gasteiger partial charge in [-0.3, -0.25) is 0 Å². The van der Waals surface area contributed by atoms with Crippen LogP contribution in [0.3, 0.4) is 0 Å². The minimum absolute atomic E-state index is 0.120. The molecule has 0 saturated heterocycles. The molecule has 2 amide bonds. The number of aryl methyl sites for hydroxylation is 1. The average Bonchev–Trinajstić information content (AvgIpc) is 3.13. The molecule has 2 heterocycles. The quantitative estimate of drug-likeness (QED) is 0.648. The largest absolute Gasteiger partial charge is 0.497 e. The molecule has 7 heteroatoms. The van der Waals surface area contributed by atoms with E-state index in [0.29, 0.717) is 24.6 Å². The summed E-state index contributed by atoms with van der Waals surface area (Å²) in [6.45, 7) is 5.09. The number of fused-ring (bicyclic) bond motifs is 2. The SMILES string of the molecule is COc1ccc2oc(C(C)NC(=O)N3CCc4cc(OC)c(OC)cc4C3)c(C)c2c1. The normalized spacial score (nSPS) is 14.2. The van der Waals surface area contributed by atoms with Gasteiger partial charge in [-0.2, -0.15) is 0 Å². The molecule has 0 saturated carbocycles. The van der Waals surface area contributed by atoms with E-state index >= 15 is 0 Å². The van der Waals surface area contributed by atoms with E-state index in [-0.39, 0.29) is 12.1 Å². The van der Waals surface area contributed by atoms with E-state index in [0.717, 1.165) is 40.0 Å². The van der Waals surface area contributed by atoms with E-state index in [2.05, 4.69) is 5.32 Å². The monoisotopic (exact) mass is 424 g/mol. The molecular formula is C24H28N2O5. The topological polar surface area (TPSA) is 73.2 Å². The maximum Gasteiger partial charge on any atom is 0.318 e. The second-order valence-corrected chi connectivity index (χ2v) is 7.77. The van der Waals surface area contributed by atoms with Gasteiger partial charge in [0.15, 0.2) is 11.5 Å². The minimum Gasteiger partial charge on any atom is -0.497 e. The molecule has 4 rings (SSSR count). The molecule has 1 aliphatic rings. The maximum absolute atomic E-state index is 13.0. The van der Waals surface area contributed by atoms with Crippen molar-refractivity contribution in [3.63, 3.8) is 0 Å². The zero-order valence-corrected chi connectivity index (χ0v) is 18.6. The first-order valence-electron chi connectivity index (χ1n) is 10.3. The van der Waals surface area contributed by atoms with Crippen molar-refractivity contribution in [2.24, 2.45) is 0 Å². The van der Waals surface area contributed by atoms with Crippen LogP contribution in [-0.4, -0.2) is 38.8 Å². The van der Waals surface area contributed by atoms with Gasteiger partial charge >= 0.3 is 6.03 Å². The fourth-order valence-corrected chi connectivity index (χ4v) is 4.16. The smallest absolute Gasteiger partial charge is 0.318 e. The Morgan fingerprint density at radius 2 is 1.77 bits per heavy atom. The summed E-state index contributed by atoms with van der Waals surface area (Å²) in [6.07, 6.45) is 0.765. The van der Waals surface area contributed by atoms with E-state index in [1.54, 1.807) is 21.3 Å². The first kappa shape index (κ1) is 20.9. The predicted molar refractivity (Wildman–Crippen MR) is 118 cm³/mol. The predicted octanol–water partition coefficient (Wildman–Crippen LogP) is 4.60. The van der Waals surface area contributed by atoms with Gasteiger partial charge in [0.05, 0.1) is 27.4 Å². The van der Waals surface area contributed by atoms with Crippen LogP contribution in [0.5, 0.6) is 17.2 Å². The van der Waals surface area contributed by atoms with Crippen LogP contribution < -0.4 is 19.5 Å². The van der Waals surface area contributed by atoms with Gasteiger partial charge in [0.2, 0.25) is 0 Å². The summed E-state index contributed by atoms with van der Waals surface area (Å²) in [5.41, 5.74) is 4.03. The number of carbonyl (C=O) groups excluding carboxylic acids is 1. The number of hydrogen-bond acceptors (Lipinski definition) is 5. The van der Waals surface area contributed by atoms with Crippen LogP contribution in [0.25, 0.3) is 11.0 Å². The minimum atomic E-state index is -0.266. The van der Waals surface area contributed by atoms with Crippen molar-refractivity contribution in [3.05, 3.63) is 52.8 Å². The number of nitrogens with one attached hydrogen (secondary N) is 1. The number of urea groups is 1. The summed E-state index contributed by atoms with van der Waals surface area (Å²) in [7, 11) is 4.89. The molecule has 0 radical (unpaired) electrons. The van der Waals surface area contributed by atoms with E-state index in [1.807, 2.05) is 49.1 Å². The van der Waals surface area contributed by atoms with Crippen molar-refractivity contribution in [2.75, 3.05) is 27.9 Å². The van der Waals surface area contributed by atoms with Crippen LogP contribution in [0.15, 0.2) is 34.7 Å². The highest BCUT2D eigenvalue weighted by molar-refractivity contribution is 5.84. The van der Waals surface area contributed by atoms with Gasteiger partial charge in [0, 0.05) is 24.0 Å². The molecule has 1 unspecified atom stereocenters. The molecule has 31 heavy (non-hydrogen) atoms. The first-order valence-corrected chi connectivity index (χ1v) is 10.3. The Bertz CT molecular complexity index is 1120. The first-order chi connectivity index (χ1) is 14.9. The fourth-order valence-electron chi connectivity index (χ4n) is 4.16. The molecular weight excluding hydrogens is 396 g/mol. The van der Waals surface area contributed by atoms with Crippen LogP contribution in [0.2, 0.25) is 0 Å². The number of rotatable bonds is 5. The van der Waals surface area contributed by atoms with E-state index in [9.17, 15) is 4.79 Å². The average molecular weight is 424 g/mol. The van der Waals surface area contributed by atoms with Crippen LogP contribution in [0.4, 0.5) is 4.79 Å². The molecule has 0 fully saturated rings. The molecule has 2 aromatic carbocycles. The van der Waals surface area contributed by atoms with Gasteiger partial charge in [-0.25, -0.2) is 4.79 Å². The van der Waals surface area contributed by atoms with Crippen molar-refractivity contribution < 1.29 is 23.4 Å². The number of ether oxygens (including phenoxy) is 3. The summed E-state index contributed by atoms with van der Waals surface area (Å²) in [6, 6.07) is 9.28. The molecule has 164 valence electrons. The van der Waals surface area contributed by atoms with Gasteiger partial charge in [0.1, 0.15) is 17.1 Å². The third kappa shape index (κ3) is 3.87. The zero-order chi connectivity index (χ0) is 22.1. The Balaban J connectivity index is 1.50. The molecule has 0 spiro atoms. The van der Waals surface area contributed by atoms with Gasteiger partial charge in [-0.05, 0) is 61.7 Å². The number of carbonyl (C=O) groups is 1. The lowest BCUT2D eigenvalue weighted by Crippen LogP contribution is -2.43. The number of furan rings is 1. The number of nitrogens with zero attached hydrogens (tertiary/aromatic N) is 1. The Kier molecular flexibility index (Phi) is 5.67. The van der Waals surface area contributed by atoms with Crippen LogP contribution in [-0.2, 0) is 13.0 Å². The lowest BCUT2D eigenvalue weighted by Gasteiger charge is -2.30. The molecule has 0 bridgehead atoms. The Hall–Kier alpha value is -3.35. The molecule has 0 aliphatic carbocycles. The van der Waals surface area contributed by atoms with Crippen molar-refractivity contribution in [1.82, 2.24) is 10.2 Å². The van der Waals surface area contributed by atoms with E-state index < -0.39 is 0 Å². The second kappa shape index (κ2) is 8.41. The van der Waals surface area contributed by atoms with Crippen molar-refractivity contribution >= 4 is 17.0 Å². The number of amides is 2. The number of benzene rings is 2. The van der Waals surface area contributed by atoms with Crippen LogP contribution in [0, 0.1) is 6.92 Å². The summed E-state index contributed by atoms with van der Waals surface area (Å²) in [5, 5.41) is 4.07. The number of hydrogen-bond donors (Lipinski definition) is 1. The molecule has 3 aromatic rings. The Morgan fingerprint density at radius 3 is 2.45 bits per heavy atom. The molecule has 1 aliphatic heterocycles. The molecule has 1 aromatic heterocycles. The van der Waals surface area contributed by atoms with E-state index in [1.165, 1.54) is 5.56 Å². The van der Waals surface area contributed by atoms with Gasteiger partial charge in [0.25, 0.3) is 0 Å². The summed E-state index contributed by atoms with van der Waals surface area (Å²) >= 11 is 0. The maximum atomic E-state index is 13.0. The standard InChI is InChI=1S/C24H28N2O5/c1-14-19-12-18(28-3)6-7-20(19)31-23(14)15(2)25-24(27)26-9-8-16-10-21(29-4)22(30-5)11-17(16)13-26/h6-7,10-12,15H,8-9,13H2,1-5H3,(H,25,27). The lowest BCUT2D eigenvalue weighted by atomic mass is 9.99. The fraction of sp³-hybridized carbons (Fsp3) is 0.375. The van der Waals surface area contributed by atoms with Gasteiger partial charge < -0.3 is 28.8 Å². The van der Waals surface area contributed by atoms with Crippen molar-refractivity contribution in [2.45, 2.75) is 32.9 Å². The molecule has 7 nitrogen and oxygen atoms in total. The summed E-state index contributed by atoms with van der Waals surface area (Å²) < 4.78 is 22.2.